The topological polar surface area (TPSA) is 71.4 Å². The number of hydrogen-bond acceptors (Lipinski definition) is 6. The van der Waals surface area contributed by atoms with E-state index < -0.39 is 0 Å². The van der Waals surface area contributed by atoms with Crippen LogP contribution in [-0.4, -0.2) is 35.6 Å². The molecular weight excluding hydrogens is 289 g/mol. The number of anilines is 2. The third-order valence-electron chi connectivity index (χ3n) is 2.68. The van der Waals surface area contributed by atoms with Crippen molar-refractivity contribution in [2.24, 2.45) is 4.99 Å². The molecule has 0 unspecified atom stereocenters. The van der Waals surface area contributed by atoms with Crippen LogP contribution in [0.5, 0.6) is 0 Å². The van der Waals surface area contributed by atoms with Crippen molar-refractivity contribution in [3.63, 3.8) is 0 Å². The minimum absolute atomic E-state index is 0.403. The van der Waals surface area contributed by atoms with Gasteiger partial charge in [0.2, 0.25) is 11.8 Å². The Morgan fingerprint density at radius 2 is 2.21 bits per heavy atom. The van der Waals surface area contributed by atoms with Gasteiger partial charge in [-0.3, -0.25) is 0 Å². The fourth-order valence-electron chi connectivity index (χ4n) is 1.77. The molecule has 3 rings (SSSR count). The van der Waals surface area contributed by atoms with Crippen molar-refractivity contribution in [2.45, 2.75) is 6.42 Å². The molecule has 2 aliphatic heterocycles. The highest BCUT2D eigenvalue weighted by molar-refractivity contribution is 6.33. The molecule has 6 nitrogen and oxygen atoms in total. The summed E-state index contributed by atoms with van der Waals surface area (Å²) in [5.74, 6) is 1.50. The van der Waals surface area contributed by atoms with Crippen LogP contribution in [0.2, 0.25) is 5.02 Å². The van der Waals surface area contributed by atoms with Gasteiger partial charge < -0.3 is 15.4 Å². The van der Waals surface area contributed by atoms with Crippen LogP contribution >= 0.6 is 23.2 Å². The molecule has 0 saturated carbocycles. The van der Waals surface area contributed by atoms with E-state index in [2.05, 4.69) is 25.6 Å². The number of fused-ring (bicyclic) bond motifs is 3. The maximum Gasteiger partial charge on any atom is 0.234 e. The van der Waals surface area contributed by atoms with Crippen LogP contribution in [-0.2, 0) is 4.74 Å². The summed E-state index contributed by atoms with van der Waals surface area (Å²) < 4.78 is 5.59. The highest BCUT2D eigenvalue weighted by atomic mass is 35.5. The van der Waals surface area contributed by atoms with E-state index in [0.717, 1.165) is 6.42 Å². The first-order valence-electron chi connectivity index (χ1n) is 5.84. The van der Waals surface area contributed by atoms with Gasteiger partial charge in [0.1, 0.15) is 10.7 Å². The summed E-state index contributed by atoms with van der Waals surface area (Å²) in [6.07, 6.45) is 2.35. The van der Waals surface area contributed by atoms with Crippen LogP contribution < -0.4 is 10.6 Å². The van der Waals surface area contributed by atoms with Crippen molar-refractivity contribution in [1.29, 1.82) is 0 Å². The second-order valence-electron chi connectivity index (χ2n) is 4.05. The number of rotatable bonds is 0. The maximum atomic E-state index is 6.11. The molecule has 1 aromatic rings. The van der Waals surface area contributed by atoms with Gasteiger partial charge in [0.15, 0.2) is 5.82 Å². The number of ether oxygens (including phenoxy) is 1. The predicted molar refractivity (Wildman–Crippen MR) is 74.9 cm³/mol. The average molecular weight is 300 g/mol. The van der Waals surface area contributed by atoms with Gasteiger partial charge in [-0.15, -0.1) is 0 Å². The zero-order chi connectivity index (χ0) is 13.2. The van der Waals surface area contributed by atoms with Gasteiger partial charge in [-0.1, -0.05) is 23.2 Å². The molecule has 3 heterocycles. The molecule has 0 spiro atoms. The van der Waals surface area contributed by atoms with Crippen LogP contribution in [0, 0.1) is 0 Å². The third-order valence-corrected chi connectivity index (χ3v) is 3.26. The summed E-state index contributed by atoms with van der Waals surface area (Å²) in [6, 6.07) is 0. The van der Waals surface area contributed by atoms with Crippen LogP contribution in [0.4, 0.5) is 11.8 Å². The zero-order valence-corrected chi connectivity index (χ0v) is 11.4. The molecule has 2 bridgehead atoms. The Balaban J connectivity index is 1.97. The Labute approximate surface area is 119 Å². The third kappa shape index (κ3) is 2.59. The van der Waals surface area contributed by atoms with Crippen molar-refractivity contribution in [3.8, 4) is 0 Å². The summed E-state index contributed by atoms with van der Waals surface area (Å²) >= 11 is 12.1. The van der Waals surface area contributed by atoms with Gasteiger partial charge in [-0.2, -0.15) is 4.98 Å². The second kappa shape index (κ2) is 5.22. The fraction of sp³-hybridized carbons (Fsp3) is 0.364. The summed E-state index contributed by atoms with van der Waals surface area (Å²) in [7, 11) is 0. The van der Waals surface area contributed by atoms with E-state index in [4.69, 9.17) is 27.9 Å². The van der Waals surface area contributed by atoms with Crippen LogP contribution in [0.1, 0.15) is 6.42 Å². The Bertz CT molecular complexity index is 572. The van der Waals surface area contributed by atoms with E-state index in [-0.39, 0.29) is 0 Å². The molecule has 1 aromatic heterocycles. The van der Waals surface area contributed by atoms with Crippen LogP contribution in [0.15, 0.2) is 21.9 Å². The molecule has 2 aliphatic rings. The number of halogens is 2. The van der Waals surface area contributed by atoms with E-state index in [0.29, 0.717) is 53.1 Å². The second-order valence-corrected chi connectivity index (χ2v) is 4.91. The van der Waals surface area contributed by atoms with E-state index in [1.165, 1.54) is 6.20 Å². The monoisotopic (exact) mass is 299 g/mol. The fourth-order valence-corrected chi connectivity index (χ4v) is 2.11. The summed E-state index contributed by atoms with van der Waals surface area (Å²) in [5.41, 5.74) is 0.622. The van der Waals surface area contributed by atoms with Gasteiger partial charge in [-0.05, 0) is 6.42 Å². The van der Waals surface area contributed by atoms with Gasteiger partial charge >= 0.3 is 0 Å². The molecule has 2 N–H and O–H groups in total. The lowest BCUT2D eigenvalue weighted by Gasteiger charge is -2.10. The van der Waals surface area contributed by atoms with Crippen molar-refractivity contribution in [2.75, 3.05) is 30.3 Å². The molecule has 0 aliphatic carbocycles. The average Bonchev–Trinajstić information content (AvgIpc) is 2.72. The van der Waals surface area contributed by atoms with Crippen molar-refractivity contribution in [3.05, 3.63) is 21.9 Å². The number of nitrogens with one attached hydrogen (secondary N) is 2. The highest BCUT2D eigenvalue weighted by Crippen LogP contribution is 2.24. The Morgan fingerprint density at radius 1 is 1.32 bits per heavy atom. The standard InChI is InChI=1S/C11H11Cl2N5O/c12-6-4-15-10-8(6)17-11-16-5-7(13)9(18-11)14-2-1-3-19-10/h5H,1-4H2,(H2,14,16,17,18). The lowest BCUT2D eigenvalue weighted by atomic mass is 10.4. The van der Waals surface area contributed by atoms with E-state index in [1.54, 1.807) is 0 Å². The summed E-state index contributed by atoms with van der Waals surface area (Å²) in [6.45, 7) is 1.66. The summed E-state index contributed by atoms with van der Waals surface area (Å²) in [5, 5.41) is 7.22. The molecule has 0 radical (unpaired) electrons. The number of nitrogens with zero attached hydrogens (tertiary/aromatic N) is 3. The van der Waals surface area contributed by atoms with E-state index in [9.17, 15) is 0 Å². The molecule has 19 heavy (non-hydrogen) atoms. The predicted octanol–water partition coefficient (Wildman–Crippen LogP) is 2.24. The smallest absolute Gasteiger partial charge is 0.234 e. The Hall–Kier alpha value is -1.53. The van der Waals surface area contributed by atoms with Gasteiger partial charge in [-0.25, -0.2) is 9.98 Å². The normalized spacial score (nSPS) is 18.5. The van der Waals surface area contributed by atoms with Crippen molar-refractivity contribution >= 4 is 40.9 Å². The number of aliphatic imine (C=N–C) groups is 1. The maximum absolute atomic E-state index is 6.11. The first kappa shape index (κ1) is 12.5. The highest BCUT2D eigenvalue weighted by Gasteiger charge is 2.22. The lowest BCUT2D eigenvalue weighted by molar-refractivity contribution is 0.303. The molecule has 0 atom stereocenters. The largest absolute Gasteiger partial charge is 0.476 e. The number of aromatic nitrogens is 2. The number of hydrogen-bond donors (Lipinski definition) is 2. The molecule has 0 amide bonds. The summed E-state index contributed by atoms with van der Waals surface area (Å²) in [4.78, 5) is 12.6. The lowest BCUT2D eigenvalue weighted by Crippen LogP contribution is -2.15. The van der Waals surface area contributed by atoms with Crippen LogP contribution in [0.25, 0.3) is 0 Å². The van der Waals surface area contributed by atoms with Gasteiger partial charge in [0, 0.05) is 6.54 Å². The van der Waals surface area contributed by atoms with E-state index >= 15 is 0 Å². The molecule has 0 aromatic carbocycles. The minimum atomic E-state index is 0.403. The van der Waals surface area contributed by atoms with Gasteiger partial charge in [0.25, 0.3) is 0 Å². The molecule has 0 saturated heterocycles. The van der Waals surface area contributed by atoms with Crippen molar-refractivity contribution in [1.82, 2.24) is 9.97 Å². The Morgan fingerprint density at radius 3 is 3.11 bits per heavy atom. The van der Waals surface area contributed by atoms with Crippen LogP contribution in [0.3, 0.4) is 0 Å². The molecular formula is C11H11Cl2N5O. The first-order chi connectivity index (χ1) is 9.24. The zero-order valence-electron chi connectivity index (χ0n) is 9.91. The molecule has 100 valence electrons. The first-order valence-corrected chi connectivity index (χ1v) is 6.59. The Kier molecular flexibility index (Phi) is 3.44. The molecule has 0 fully saturated rings. The molecule has 8 heteroatoms. The SMILES string of the molecule is ClC1=C2Nc3ncc(Cl)c(n3)NCCCOC2=NC1. The van der Waals surface area contributed by atoms with Crippen molar-refractivity contribution < 1.29 is 4.74 Å². The van der Waals surface area contributed by atoms with E-state index in [1.807, 2.05) is 0 Å². The quantitative estimate of drug-likeness (QED) is 0.769. The van der Waals surface area contributed by atoms with Gasteiger partial charge in [0.05, 0.1) is 24.4 Å². The minimum Gasteiger partial charge on any atom is -0.476 e.